The summed E-state index contributed by atoms with van der Waals surface area (Å²) in [6.07, 6.45) is 0.837. The van der Waals surface area contributed by atoms with Gasteiger partial charge in [-0.2, -0.15) is 0 Å². The fourth-order valence-electron chi connectivity index (χ4n) is 2.96. The summed E-state index contributed by atoms with van der Waals surface area (Å²) in [5.74, 6) is 0.847. The Balaban J connectivity index is 2.10. The van der Waals surface area contributed by atoms with Crippen LogP contribution in [0.2, 0.25) is 5.02 Å². The van der Waals surface area contributed by atoms with E-state index in [1.807, 2.05) is 44.2 Å². The number of amides is 2. The molecule has 2 aromatic rings. The van der Waals surface area contributed by atoms with E-state index in [1.54, 1.807) is 29.7 Å². The van der Waals surface area contributed by atoms with E-state index < -0.39 is 6.04 Å². The van der Waals surface area contributed by atoms with E-state index in [0.717, 1.165) is 17.7 Å². The van der Waals surface area contributed by atoms with E-state index in [9.17, 15) is 9.59 Å². The molecule has 2 rings (SSSR count). The molecule has 2 aromatic carbocycles. The highest BCUT2D eigenvalue weighted by Crippen LogP contribution is 2.21. The number of carbonyl (C=O) groups is 2. The van der Waals surface area contributed by atoms with Crippen LogP contribution in [0, 0.1) is 6.92 Å². The second-order valence-corrected chi connectivity index (χ2v) is 8.92. The highest BCUT2D eigenvalue weighted by Gasteiger charge is 2.27. The van der Waals surface area contributed by atoms with Gasteiger partial charge in [0.1, 0.15) is 6.04 Å². The van der Waals surface area contributed by atoms with Crippen LogP contribution in [0.5, 0.6) is 0 Å². The maximum Gasteiger partial charge on any atom is 0.242 e. The Hall–Kier alpha value is -1.98. The molecule has 2 atom stereocenters. The van der Waals surface area contributed by atoms with Gasteiger partial charge in [-0.3, -0.25) is 9.59 Å². The molecule has 0 radical (unpaired) electrons. The van der Waals surface area contributed by atoms with Gasteiger partial charge in [-0.15, -0.1) is 11.8 Å². The highest BCUT2D eigenvalue weighted by molar-refractivity contribution is 7.99. The van der Waals surface area contributed by atoms with Gasteiger partial charge in [-0.05, 0) is 49.9 Å². The lowest BCUT2D eigenvalue weighted by atomic mass is 10.1. The van der Waals surface area contributed by atoms with Crippen molar-refractivity contribution in [3.05, 3.63) is 70.2 Å². The quantitative estimate of drug-likeness (QED) is 0.544. The molecule has 0 saturated heterocycles. The molecule has 30 heavy (non-hydrogen) atoms. The van der Waals surface area contributed by atoms with Crippen LogP contribution in [0.25, 0.3) is 0 Å². The van der Waals surface area contributed by atoms with Gasteiger partial charge >= 0.3 is 0 Å². The van der Waals surface area contributed by atoms with Crippen LogP contribution >= 0.6 is 23.4 Å². The fraction of sp³-hybridized carbons (Fsp3) is 0.417. The second-order valence-electron chi connectivity index (χ2n) is 7.53. The lowest BCUT2D eigenvalue weighted by Gasteiger charge is -2.30. The molecule has 0 heterocycles. The van der Waals surface area contributed by atoms with Crippen LogP contribution in [0.3, 0.4) is 0 Å². The normalized spacial score (nSPS) is 12.8. The maximum absolute atomic E-state index is 13.1. The molecule has 0 fully saturated rings. The summed E-state index contributed by atoms with van der Waals surface area (Å²) in [7, 11) is 0. The van der Waals surface area contributed by atoms with Gasteiger partial charge in [0.2, 0.25) is 11.8 Å². The van der Waals surface area contributed by atoms with Gasteiger partial charge < -0.3 is 10.2 Å². The molecular formula is C24H31ClN2O2S. The molecule has 1 N–H and O–H groups in total. The number of carbonyl (C=O) groups excluding carboxylic acids is 2. The third-order valence-electron chi connectivity index (χ3n) is 5.21. The van der Waals surface area contributed by atoms with Crippen molar-refractivity contribution in [3.63, 3.8) is 0 Å². The standard InChI is InChI=1S/C24H31ClN2O2S/c1-5-18(3)26-24(29)19(4)27(14-20-11-8-9-13-22(20)25)23(28)16-30-15-21-12-7-6-10-17(21)2/h6-13,18-19H,5,14-16H2,1-4H3,(H,26,29)/t18-,19-/m0/s1. The van der Waals surface area contributed by atoms with E-state index in [0.29, 0.717) is 17.3 Å². The molecular weight excluding hydrogens is 416 g/mol. The summed E-state index contributed by atoms with van der Waals surface area (Å²) < 4.78 is 0. The number of nitrogens with zero attached hydrogens (tertiary/aromatic N) is 1. The molecule has 0 saturated carbocycles. The van der Waals surface area contributed by atoms with Crippen molar-refractivity contribution >= 4 is 35.2 Å². The summed E-state index contributed by atoms with van der Waals surface area (Å²) in [5, 5.41) is 3.58. The molecule has 0 bridgehead atoms. The van der Waals surface area contributed by atoms with Crippen LogP contribution in [-0.2, 0) is 21.9 Å². The summed E-state index contributed by atoms with van der Waals surface area (Å²) in [5.41, 5.74) is 3.27. The minimum atomic E-state index is -0.582. The maximum atomic E-state index is 13.1. The number of hydrogen-bond acceptors (Lipinski definition) is 3. The Bertz CT molecular complexity index is 859. The summed E-state index contributed by atoms with van der Waals surface area (Å²) in [6.45, 7) is 8.13. The number of benzene rings is 2. The fourth-order valence-corrected chi connectivity index (χ4v) is 4.14. The third kappa shape index (κ3) is 7.06. The van der Waals surface area contributed by atoms with Crippen LogP contribution in [0.1, 0.15) is 43.9 Å². The molecule has 0 aromatic heterocycles. The molecule has 0 spiro atoms. The molecule has 2 amide bonds. The van der Waals surface area contributed by atoms with E-state index >= 15 is 0 Å². The van der Waals surface area contributed by atoms with Crippen molar-refractivity contribution in [2.75, 3.05) is 5.75 Å². The third-order valence-corrected chi connectivity index (χ3v) is 6.55. The molecule has 4 nitrogen and oxygen atoms in total. The number of thioether (sulfide) groups is 1. The van der Waals surface area contributed by atoms with Gasteiger partial charge in [-0.25, -0.2) is 0 Å². The average molecular weight is 447 g/mol. The first kappa shape index (κ1) is 24.3. The number of halogens is 1. The van der Waals surface area contributed by atoms with Gasteiger partial charge in [0, 0.05) is 23.4 Å². The van der Waals surface area contributed by atoms with Crippen LogP contribution in [0.4, 0.5) is 0 Å². The van der Waals surface area contributed by atoms with Crippen molar-refractivity contribution in [2.24, 2.45) is 0 Å². The summed E-state index contributed by atoms with van der Waals surface area (Å²) in [6, 6.07) is 15.1. The van der Waals surface area contributed by atoms with Gasteiger partial charge in [0.25, 0.3) is 0 Å². The molecule has 0 aliphatic rings. The second kappa shape index (κ2) is 12.0. The van der Waals surface area contributed by atoms with Gasteiger partial charge in [0.15, 0.2) is 0 Å². The zero-order valence-corrected chi connectivity index (χ0v) is 19.7. The van der Waals surface area contributed by atoms with Gasteiger partial charge in [-0.1, -0.05) is 61.0 Å². The average Bonchev–Trinajstić information content (AvgIpc) is 2.73. The zero-order valence-electron chi connectivity index (χ0n) is 18.2. The Kier molecular flexibility index (Phi) is 9.73. The van der Waals surface area contributed by atoms with E-state index in [-0.39, 0.29) is 17.9 Å². The SMILES string of the molecule is CC[C@H](C)NC(=O)[C@H](C)N(Cc1ccccc1Cl)C(=O)CSCc1ccccc1C. The number of nitrogens with one attached hydrogen (secondary N) is 1. The predicted molar refractivity (Wildman–Crippen MR) is 127 cm³/mol. The Morgan fingerprint density at radius 2 is 1.70 bits per heavy atom. The molecule has 162 valence electrons. The van der Waals surface area contributed by atoms with Crippen molar-refractivity contribution in [1.82, 2.24) is 10.2 Å². The zero-order chi connectivity index (χ0) is 22.1. The summed E-state index contributed by atoms with van der Waals surface area (Å²) in [4.78, 5) is 27.5. The first-order valence-electron chi connectivity index (χ1n) is 10.3. The lowest BCUT2D eigenvalue weighted by Crippen LogP contribution is -2.50. The monoisotopic (exact) mass is 446 g/mol. The predicted octanol–water partition coefficient (Wildman–Crippen LogP) is 5.21. The Morgan fingerprint density at radius 3 is 2.33 bits per heavy atom. The van der Waals surface area contributed by atoms with Crippen molar-refractivity contribution in [1.29, 1.82) is 0 Å². The van der Waals surface area contributed by atoms with Crippen LogP contribution in [0.15, 0.2) is 48.5 Å². The van der Waals surface area contributed by atoms with E-state index in [1.165, 1.54) is 11.1 Å². The highest BCUT2D eigenvalue weighted by atomic mass is 35.5. The number of rotatable bonds is 10. The minimum absolute atomic E-state index is 0.0626. The van der Waals surface area contributed by atoms with Crippen molar-refractivity contribution in [2.45, 2.75) is 58.5 Å². The minimum Gasteiger partial charge on any atom is -0.352 e. The smallest absolute Gasteiger partial charge is 0.242 e. The van der Waals surface area contributed by atoms with E-state index in [2.05, 4.69) is 24.4 Å². The number of aryl methyl sites for hydroxylation is 1. The Morgan fingerprint density at radius 1 is 1.07 bits per heavy atom. The van der Waals surface area contributed by atoms with Crippen molar-refractivity contribution in [3.8, 4) is 0 Å². The lowest BCUT2D eigenvalue weighted by molar-refractivity contribution is -0.138. The molecule has 0 unspecified atom stereocenters. The first-order valence-corrected chi connectivity index (χ1v) is 11.8. The number of hydrogen-bond donors (Lipinski definition) is 1. The van der Waals surface area contributed by atoms with E-state index in [4.69, 9.17) is 11.6 Å². The molecule has 0 aliphatic heterocycles. The van der Waals surface area contributed by atoms with Crippen LogP contribution < -0.4 is 5.32 Å². The largest absolute Gasteiger partial charge is 0.352 e. The molecule has 0 aliphatic carbocycles. The first-order chi connectivity index (χ1) is 14.3. The molecule has 6 heteroatoms. The summed E-state index contributed by atoms with van der Waals surface area (Å²) >= 11 is 7.89. The van der Waals surface area contributed by atoms with Crippen LogP contribution in [-0.4, -0.2) is 34.6 Å². The van der Waals surface area contributed by atoms with Crippen molar-refractivity contribution < 1.29 is 9.59 Å². The van der Waals surface area contributed by atoms with Gasteiger partial charge in [0.05, 0.1) is 5.75 Å². The topological polar surface area (TPSA) is 49.4 Å². The Labute approximate surface area is 189 Å².